The predicted octanol–water partition coefficient (Wildman–Crippen LogP) is 6.36. The lowest BCUT2D eigenvalue weighted by Gasteiger charge is -2.60. The van der Waals surface area contributed by atoms with Crippen molar-refractivity contribution in [1.82, 2.24) is 0 Å². The lowest BCUT2D eigenvalue weighted by Crippen LogP contribution is -2.60. The van der Waals surface area contributed by atoms with Gasteiger partial charge in [-0.1, -0.05) is 43.1 Å². The zero-order chi connectivity index (χ0) is 21.4. The standard InChI is InChI=1S/C27H40BN/c1-17-11-18(2)13-23-15-22(12-17)27(23)16-25(5,6)29(26(27,7)8)24-10-9-21(20(4)28)14-19(24)3/h9-10,12,14,17-18,23H,4,11,13,15-16,28H2,1-3,5-8H3/b22-12+. The monoisotopic (exact) mass is 389 g/mol. The lowest BCUT2D eigenvalue weighted by molar-refractivity contribution is 0.0341. The van der Waals surface area contributed by atoms with Crippen molar-refractivity contribution in [3.63, 3.8) is 0 Å². The van der Waals surface area contributed by atoms with Crippen LogP contribution in [0.5, 0.6) is 0 Å². The molecular formula is C27H40BN. The summed E-state index contributed by atoms with van der Waals surface area (Å²) < 4.78 is 0. The van der Waals surface area contributed by atoms with Gasteiger partial charge in [0.15, 0.2) is 0 Å². The fourth-order valence-electron chi connectivity index (χ4n) is 7.77. The molecule has 2 aliphatic carbocycles. The van der Waals surface area contributed by atoms with Gasteiger partial charge in [0.05, 0.1) is 0 Å². The molecule has 1 saturated carbocycles. The molecule has 0 amide bonds. The normalized spacial score (nSPS) is 36.7. The van der Waals surface area contributed by atoms with Gasteiger partial charge in [0.1, 0.15) is 7.85 Å². The number of allylic oxidation sites excluding steroid dienone is 1. The van der Waals surface area contributed by atoms with E-state index in [1.54, 1.807) is 5.57 Å². The average molecular weight is 389 g/mol. The molecule has 3 aliphatic rings. The molecule has 1 spiro atoms. The predicted molar refractivity (Wildman–Crippen MR) is 130 cm³/mol. The minimum Gasteiger partial charge on any atom is -0.360 e. The third-order valence-corrected chi connectivity index (χ3v) is 8.58. The summed E-state index contributed by atoms with van der Waals surface area (Å²) in [7, 11) is 2.10. The quantitative estimate of drug-likeness (QED) is 0.420. The topological polar surface area (TPSA) is 3.24 Å². The van der Waals surface area contributed by atoms with E-state index in [0.717, 1.165) is 17.3 Å². The van der Waals surface area contributed by atoms with E-state index in [2.05, 4.69) is 92.1 Å². The van der Waals surface area contributed by atoms with Crippen molar-refractivity contribution in [2.75, 3.05) is 4.90 Å². The number of rotatable bonds is 2. The maximum atomic E-state index is 4.15. The van der Waals surface area contributed by atoms with Crippen molar-refractivity contribution >= 4 is 19.0 Å². The number of benzene rings is 1. The minimum atomic E-state index is 0.109. The molecule has 4 atom stereocenters. The van der Waals surface area contributed by atoms with Crippen molar-refractivity contribution in [1.29, 1.82) is 0 Å². The Labute approximate surface area is 180 Å². The Morgan fingerprint density at radius 2 is 1.83 bits per heavy atom. The third-order valence-electron chi connectivity index (χ3n) is 8.58. The summed E-state index contributed by atoms with van der Waals surface area (Å²) in [5.74, 6) is 2.36. The second-order valence-corrected chi connectivity index (χ2v) is 11.8. The van der Waals surface area contributed by atoms with Gasteiger partial charge >= 0.3 is 0 Å². The molecule has 4 rings (SSSR count). The van der Waals surface area contributed by atoms with Crippen molar-refractivity contribution in [3.05, 3.63) is 47.6 Å². The van der Waals surface area contributed by atoms with Gasteiger partial charge in [-0.3, -0.25) is 0 Å². The third kappa shape index (κ3) is 2.88. The van der Waals surface area contributed by atoms with E-state index in [1.165, 1.54) is 42.5 Å². The Bertz CT molecular complexity index is 877. The summed E-state index contributed by atoms with van der Waals surface area (Å²) in [5.41, 5.74) is 7.52. The van der Waals surface area contributed by atoms with Crippen LogP contribution in [-0.4, -0.2) is 18.9 Å². The fourth-order valence-corrected chi connectivity index (χ4v) is 7.77. The maximum Gasteiger partial charge on any atom is 0.139 e. The zero-order valence-corrected chi connectivity index (χ0v) is 20.0. The van der Waals surface area contributed by atoms with Crippen LogP contribution in [0.4, 0.5) is 5.69 Å². The highest BCUT2D eigenvalue weighted by Gasteiger charge is 2.69. The summed E-state index contributed by atoms with van der Waals surface area (Å²) in [6, 6.07) is 6.96. The summed E-state index contributed by atoms with van der Waals surface area (Å²) in [4.78, 5) is 2.79. The van der Waals surface area contributed by atoms with Crippen LogP contribution in [0, 0.1) is 30.1 Å². The second kappa shape index (κ2) is 6.53. The molecule has 0 radical (unpaired) electrons. The van der Waals surface area contributed by atoms with E-state index in [4.69, 9.17) is 0 Å². The number of anilines is 1. The van der Waals surface area contributed by atoms with Gasteiger partial charge in [-0.05, 0) is 95.2 Å². The van der Waals surface area contributed by atoms with E-state index in [1.807, 2.05) is 0 Å². The lowest BCUT2D eigenvalue weighted by atomic mass is 9.45. The molecule has 156 valence electrons. The first-order valence-electron chi connectivity index (χ1n) is 11.7. The van der Waals surface area contributed by atoms with Crippen molar-refractivity contribution < 1.29 is 0 Å². The van der Waals surface area contributed by atoms with Crippen LogP contribution in [0.3, 0.4) is 0 Å². The van der Waals surface area contributed by atoms with Crippen LogP contribution >= 0.6 is 0 Å². The first-order chi connectivity index (χ1) is 13.4. The van der Waals surface area contributed by atoms with Crippen LogP contribution in [0.15, 0.2) is 36.4 Å². The van der Waals surface area contributed by atoms with Gasteiger partial charge in [0.2, 0.25) is 0 Å². The van der Waals surface area contributed by atoms with E-state index in [0.29, 0.717) is 11.3 Å². The summed E-state index contributed by atoms with van der Waals surface area (Å²) in [5, 5.41) is 0. The average Bonchev–Trinajstić information content (AvgIpc) is 2.76. The molecule has 1 aromatic rings. The number of nitrogens with zero attached hydrogens (tertiary/aromatic N) is 1. The van der Waals surface area contributed by atoms with E-state index >= 15 is 0 Å². The summed E-state index contributed by atoms with van der Waals surface area (Å²) in [6.45, 7) is 21.3. The molecule has 0 aromatic heterocycles. The maximum absolute atomic E-state index is 4.15. The molecule has 29 heavy (non-hydrogen) atoms. The SMILES string of the molecule is BC(=C)c1ccc(N2C(C)(C)CC3(/C4=C/C(C)CC(C)CC3C4)C2(C)C)c(C)c1. The highest BCUT2D eigenvalue weighted by atomic mass is 15.3. The molecule has 1 aromatic carbocycles. The van der Waals surface area contributed by atoms with Crippen LogP contribution in [-0.2, 0) is 0 Å². The zero-order valence-electron chi connectivity index (χ0n) is 20.0. The first kappa shape index (κ1) is 20.8. The van der Waals surface area contributed by atoms with Gasteiger partial charge in [-0.2, -0.15) is 0 Å². The Hall–Kier alpha value is -1.44. The highest BCUT2D eigenvalue weighted by molar-refractivity contribution is 6.41. The number of hydrogen-bond donors (Lipinski definition) is 0. The van der Waals surface area contributed by atoms with Gasteiger partial charge in [-0.25, -0.2) is 0 Å². The van der Waals surface area contributed by atoms with Gasteiger partial charge < -0.3 is 4.90 Å². The Balaban J connectivity index is 1.84. The number of hydrogen-bond acceptors (Lipinski definition) is 1. The van der Waals surface area contributed by atoms with Gasteiger partial charge in [-0.15, -0.1) is 6.58 Å². The molecule has 1 heterocycles. The Morgan fingerprint density at radius 1 is 1.14 bits per heavy atom. The van der Waals surface area contributed by atoms with Crippen molar-refractivity contribution in [3.8, 4) is 0 Å². The molecule has 1 saturated heterocycles. The minimum absolute atomic E-state index is 0.109. The smallest absolute Gasteiger partial charge is 0.139 e. The van der Waals surface area contributed by atoms with Crippen LogP contribution in [0.2, 0.25) is 0 Å². The first-order valence-corrected chi connectivity index (χ1v) is 11.7. The van der Waals surface area contributed by atoms with E-state index < -0.39 is 0 Å². The molecule has 2 heteroatoms. The van der Waals surface area contributed by atoms with Crippen LogP contribution in [0.25, 0.3) is 5.47 Å². The fraction of sp³-hybridized carbons (Fsp3) is 0.630. The molecule has 1 aliphatic heterocycles. The second-order valence-electron chi connectivity index (χ2n) is 11.8. The molecule has 2 bridgehead atoms. The highest BCUT2D eigenvalue weighted by Crippen LogP contribution is 2.71. The number of aryl methyl sites for hydroxylation is 1. The van der Waals surface area contributed by atoms with Crippen molar-refractivity contribution in [2.24, 2.45) is 23.2 Å². The van der Waals surface area contributed by atoms with Crippen LogP contribution in [0.1, 0.15) is 78.4 Å². The molecule has 1 nitrogen and oxygen atoms in total. The summed E-state index contributed by atoms with van der Waals surface area (Å²) in [6.07, 6.45) is 8.01. The molecule has 4 unspecified atom stereocenters. The van der Waals surface area contributed by atoms with E-state index in [9.17, 15) is 0 Å². The van der Waals surface area contributed by atoms with E-state index in [-0.39, 0.29) is 11.1 Å². The molecule has 2 fully saturated rings. The van der Waals surface area contributed by atoms with Gasteiger partial charge in [0, 0.05) is 22.2 Å². The van der Waals surface area contributed by atoms with Crippen molar-refractivity contribution in [2.45, 2.75) is 85.2 Å². The largest absolute Gasteiger partial charge is 0.360 e. The van der Waals surface area contributed by atoms with Crippen LogP contribution < -0.4 is 4.90 Å². The Morgan fingerprint density at radius 3 is 2.45 bits per heavy atom. The Kier molecular flexibility index (Phi) is 4.69. The van der Waals surface area contributed by atoms with Gasteiger partial charge in [0.25, 0.3) is 0 Å². The molecular weight excluding hydrogens is 349 g/mol. The molecule has 0 N–H and O–H groups in total. The summed E-state index contributed by atoms with van der Waals surface area (Å²) >= 11 is 0.